The van der Waals surface area contributed by atoms with Crippen LogP contribution in [0.25, 0.3) is 0 Å². The van der Waals surface area contributed by atoms with E-state index in [2.05, 4.69) is 5.32 Å². The first kappa shape index (κ1) is 15.4. The molecule has 3 rings (SSSR count). The molecular formula is C17H22F2N2O. The van der Waals surface area contributed by atoms with Crippen molar-refractivity contribution in [2.75, 3.05) is 26.2 Å². The number of likely N-dealkylation sites (tertiary alicyclic amines) is 1. The molecule has 1 N–H and O–H groups in total. The van der Waals surface area contributed by atoms with E-state index in [4.69, 9.17) is 0 Å². The Labute approximate surface area is 129 Å². The maximum absolute atomic E-state index is 13.6. The first-order valence-corrected chi connectivity index (χ1v) is 8.01. The van der Waals surface area contributed by atoms with Gasteiger partial charge in [0.2, 0.25) is 5.91 Å². The first-order valence-electron chi connectivity index (χ1n) is 8.01. The van der Waals surface area contributed by atoms with Crippen LogP contribution in [0.4, 0.5) is 8.78 Å². The molecule has 2 fully saturated rings. The highest BCUT2D eigenvalue weighted by atomic mass is 19.2. The predicted molar refractivity (Wildman–Crippen MR) is 80.4 cm³/mol. The van der Waals surface area contributed by atoms with Gasteiger partial charge in [-0.15, -0.1) is 0 Å². The second-order valence-electron chi connectivity index (χ2n) is 6.52. The van der Waals surface area contributed by atoms with Crippen LogP contribution in [0.5, 0.6) is 0 Å². The zero-order chi connectivity index (χ0) is 15.6. The van der Waals surface area contributed by atoms with Gasteiger partial charge in [0.15, 0.2) is 11.6 Å². The summed E-state index contributed by atoms with van der Waals surface area (Å²) in [6.07, 6.45) is 3.78. The molecule has 1 aromatic carbocycles. The predicted octanol–water partition coefficient (Wildman–Crippen LogP) is 2.50. The van der Waals surface area contributed by atoms with E-state index in [1.165, 1.54) is 12.5 Å². The van der Waals surface area contributed by atoms with E-state index in [-0.39, 0.29) is 24.3 Å². The van der Waals surface area contributed by atoms with Crippen molar-refractivity contribution in [1.29, 1.82) is 0 Å². The molecule has 2 aliphatic rings. The van der Waals surface area contributed by atoms with Crippen LogP contribution in [-0.2, 0) is 11.2 Å². The summed E-state index contributed by atoms with van der Waals surface area (Å²) in [7, 11) is 0. The van der Waals surface area contributed by atoms with Gasteiger partial charge in [0.05, 0.1) is 0 Å². The van der Waals surface area contributed by atoms with Gasteiger partial charge in [0.1, 0.15) is 0 Å². The van der Waals surface area contributed by atoms with Crippen LogP contribution in [0, 0.1) is 17.0 Å². The molecule has 0 unspecified atom stereocenters. The molecule has 1 amide bonds. The summed E-state index contributed by atoms with van der Waals surface area (Å²) in [5.74, 6) is -1.63. The number of benzene rings is 1. The summed E-state index contributed by atoms with van der Waals surface area (Å²) in [6, 6.07) is 4.12. The monoisotopic (exact) mass is 308 g/mol. The van der Waals surface area contributed by atoms with E-state index in [0.717, 1.165) is 45.1 Å². The number of rotatable bonds is 3. The van der Waals surface area contributed by atoms with Crippen LogP contribution in [0.2, 0.25) is 0 Å². The SMILES string of the molecule is O=C(CCc1cccc(F)c1F)N1CCC2(CCNC2)CC1. The number of hydrogen-bond donors (Lipinski definition) is 1. The highest BCUT2D eigenvalue weighted by Gasteiger charge is 2.37. The summed E-state index contributed by atoms with van der Waals surface area (Å²) < 4.78 is 26.7. The Bertz CT molecular complexity index is 546. The number of carbonyl (C=O) groups is 1. The Hall–Kier alpha value is -1.49. The largest absolute Gasteiger partial charge is 0.343 e. The van der Waals surface area contributed by atoms with Crippen LogP contribution in [-0.4, -0.2) is 37.0 Å². The van der Waals surface area contributed by atoms with Gasteiger partial charge in [-0.2, -0.15) is 0 Å². The number of piperidine rings is 1. The molecule has 1 spiro atoms. The number of nitrogens with zero attached hydrogens (tertiary/aromatic N) is 1. The Morgan fingerprint density at radius 1 is 1.23 bits per heavy atom. The third kappa shape index (κ3) is 3.14. The van der Waals surface area contributed by atoms with E-state index in [1.54, 1.807) is 6.07 Å². The molecule has 0 atom stereocenters. The molecular weight excluding hydrogens is 286 g/mol. The average Bonchev–Trinajstić information content (AvgIpc) is 2.97. The minimum absolute atomic E-state index is 0.0458. The van der Waals surface area contributed by atoms with Crippen molar-refractivity contribution in [1.82, 2.24) is 10.2 Å². The zero-order valence-corrected chi connectivity index (χ0v) is 12.7. The molecule has 120 valence electrons. The van der Waals surface area contributed by atoms with Crippen molar-refractivity contribution >= 4 is 5.91 Å². The Balaban J connectivity index is 1.51. The highest BCUT2D eigenvalue weighted by molar-refractivity contribution is 5.76. The van der Waals surface area contributed by atoms with Crippen LogP contribution >= 0.6 is 0 Å². The third-order valence-electron chi connectivity index (χ3n) is 5.15. The Morgan fingerprint density at radius 2 is 2.00 bits per heavy atom. The maximum atomic E-state index is 13.6. The van der Waals surface area contributed by atoms with Crippen molar-refractivity contribution in [2.45, 2.75) is 32.1 Å². The number of halogens is 2. The van der Waals surface area contributed by atoms with E-state index in [9.17, 15) is 13.6 Å². The molecule has 2 saturated heterocycles. The molecule has 3 nitrogen and oxygen atoms in total. The van der Waals surface area contributed by atoms with E-state index in [0.29, 0.717) is 5.41 Å². The van der Waals surface area contributed by atoms with E-state index >= 15 is 0 Å². The summed E-state index contributed by atoms with van der Waals surface area (Å²) in [5.41, 5.74) is 0.660. The molecule has 5 heteroatoms. The molecule has 0 aromatic heterocycles. The minimum Gasteiger partial charge on any atom is -0.343 e. The minimum atomic E-state index is -0.849. The van der Waals surface area contributed by atoms with E-state index < -0.39 is 11.6 Å². The average molecular weight is 308 g/mol. The molecule has 22 heavy (non-hydrogen) atoms. The van der Waals surface area contributed by atoms with Gasteiger partial charge in [-0.25, -0.2) is 8.78 Å². The lowest BCUT2D eigenvalue weighted by atomic mass is 9.78. The van der Waals surface area contributed by atoms with Gasteiger partial charge in [-0.3, -0.25) is 4.79 Å². The summed E-state index contributed by atoms with van der Waals surface area (Å²) in [6.45, 7) is 3.70. The summed E-state index contributed by atoms with van der Waals surface area (Å²) >= 11 is 0. The van der Waals surface area contributed by atoms with Crippen molar-refractivity contribution < 1.29 is 13.6 Å². The van der Waals surface area contributed by atoms with E-state index in [1.807, 2.05) is 4.90 Å². The van der Waals surface area contributed by atoms with Crippen LogP contribution in [0.1, 0.15) is 31.2 Å². The van der Waals surface area contributed by atoms with Gasteiger partial charge in [0.25, 0.3) is 0 Å². The van der Waals surface area contributed by atoms with Gasteiger partial charge >= 0.3 is 0 Å². The number of carbonyl (C=O) groups excluding carboxylic acids is 1. The van der Waals surface area contributed by atoms with Gasteiger partial charge in [0, 0.05) is 26.1 Å². The summed E-state index contributed by atoms with van der Waals surface area (Å²) in [5, 5.41) is 3.40. The fourth-order valence-corrected chi connectivity index (χ4v) is 3.59. The van der Waals surface area contributed by atoms with Crippen molar-refractivity contribution in [2.24, 2.45) is 5.41 Å². The maximum Gasteiger partial charge on any atom is 0.222 e. The van der Waals surface area contributed by atoms with Gasteiger partial charge in [-0.05, 0) is 49.3 Å². The lowest BCUT2D eigenvalue weighted by Gasteiger charge is -2.39. The van der Waals surface area contributed by atoms with Crippen LogP contribution in [0.3, 0.4) is 0 Å². The summed E-state index contributed by atoms with van der Waals surface area (Å²) in [4.78, 5) is 14.1. The lowest BCUT2D eigenvalue weighted by Crippen LogP contribution is -2.44. The number of hydrogen-bond acceptors (Lipinski definition) is 2. The van der Waals surface area contributed by atoms with Crippen LogP contribution < -0.4 is 5.32 Å². The zero-order valence-electron chi connectivity index (χ0n) is 12.7. The normalized spacial score (nSPS) is 20.5. The molecule has 1 aromatic rings. The molecule has 0 radical (unpaired) electrons. The van der Waals surface area contributed by atoms with Gasteiger partial charge in [-0.1, -0.05) is 12.1 Å². The molecule has 0 saturated carbocycles. The first-order chi connectivity index (χ1) is 10.6. The smallest absolute Gasteiger partial charge is 0.222 e. The fraction of sp³-hybridized carbons (Fsp3) is 0.588. The topological polar surface area (TPSA) is 32.3 Å². The van der Waals surface area contributed by atoms with Crippen molar-refractivity contribution in [3.05, 3.63) is 35.4 Å². The fourth-order valence-electron chi connectivity index (χ4n) is 3.59. The standard InChI is InChI=1S/C17H22F2N2O/c18-14-3-1-2-13(16(14)19)4-5-15(22)21-10-7-17(8-11-21)6-9-20-12-17/h1-3,20H,4-12H2. The highest BCUT2D eigenvalue weighted by Crippen LogP contribution is 2.37. The second-order valence-corrected chi connectivity index (χ2v) is 6.52. The lowest BCUT2D eigenvalue weighted by molar-refractivity contribution is -0.133. The quantitative estimate of drug-likeness (QED) is 0.930. The third-order valence-corrected chi connectivity index (χ3v) is 5.15. The number of amides is 1. The van der Waals surface area contributed by atoms with Gasteiger partial charge < -0.3 is 10.2 Å². The Morgan fingerprint density at radius 3 is 2.68 bits per heavy atom. The second kappa shape index (κ2) is 6.32. The molecule has 2 aliphatic heterocycles. The Kier molecular flexibility index (Phi) is 4.43. The number of nitrogens with one attached hydrogen (secondary N) is 1. The molecule has 0 bridgehead atoms. The van der Waals surface area contributed by atoms with Crippen molar-refractivity contribution in [3.8, 4) is 0 Å². The number of aryl methyl sites for hydroxylation is 1. The van der Waals surface area contributed by atoms with Crippen molar-refractivity contribution in [3.63, 3.8) is 0 Å². The molecule has 0 aliphatic carbocycles. The van der Waals surface area contributed by atoms with Crippen LogP contribution in [0.15, 0.2) is 18.2 Å². The molecule has 2 heterocycles.